The fraction of sp³-hybridized carbons (Fsp3) is 0.500. The maximum atomic E-state index is 12.4. The highest BCUT2D eigenvalue weighted by Gasteiger charge is 2.26. The summed E-state index contributed by atoms with van der Waals surface area (Å²) in [6.45, 7) is 5.90. The largest absolute Gasteiger partial charge is 0.496 e. The highest BCUT2D eigenvalue weighted by molar-refractivity contribution is 5.90. The van der Waals surface area contributed by atoms with Gasteiger partial charge in [-0.25, -0.2) is 0 Å². The van der Waals surface area contributed by atoms with Crippen LogP contribution in [-0.4, -0.2) is 12.9 Å². The van der Waals surface area contributed by atoms with Gasteiger partial charge in [0.25, 0.3) is 0 Å². The van der Waals surface area contributed by atoms with E-state index in [9.17, 15) is 10.1 Å². The average Bonchev–Trinajstić information content (AvgIpc) is 2.42. The van der Waals surface area contributed by atoms with Gasteiger partial charge in [0.05, 0.1) is 13.2 Å². The first-order valence-electron chi connectivity index (χ1n) is 6.66. The van der Waals surface area contributed by atoms with Crippen molar-refractivity contribution < 1.29 is 9.53 Å². The first kappa shape index (κ1) is 15.2. The molecule has 1 aromatic carbocycles. The quantitative estimate of drug-likeness (QED) is 0.784. The number of ketones is 1. The Morgan fingerprint density at radius 3 is 2.47 bits per heavy atom. The van der Waals surface area contributed by atoms with Crippen LogP contribution in [0.25, 0.3) is 0 Å². The summed E-state index contributed by atoms with van der Waals surface area (Å²) in [5.74, 6) is -0.00940. The van der Waals surface area contributed by atoms with Crippen LogP contribution < -0.4 is 4.74 Å². The summed E-state index contributed by atoms with van der Waals surface area (Å²) in [5, 5.41) is 9.31. The minimum atomic E-state index is -0.695. The highest BCUT2D eigenvalue weighted by Crippen LogP contribution is 2.28. The van der Waals surface area contributed by atoms with Crippen molar-refractivity contribution >= 4 is 5.78 Å². The number of carbonyl (C=O) groups excluding carboxylic acids is 1. The molecule has 1 unspecified atom stereocenters. The number of carbonyl (C=O) groups is 1. The lowest BCUT2D eigenvalue weighted by Gasteiger charge is -2.16. The molecule has 0 amide bonds. The maximum absolute atomic E-state index is 12.4. The minimum absolute atomic E-state index is 0.0124. The normalized spacial score (nSPS) is 12.0. The zero-order valence-electron chi connectivity index (χ0n) is 12.1. The molecule has 0 saturated carbocycles. The Morgan fingerprint density at radius 2 is 2.00 bits per heavy atom. The molecule has 102 valence electrons. The number of rotatable bonds is 6. The molecule has 0 bridgehead atoms. The van der Waals surface area contributed by atoms with E-state index in [4.69, 9.17) is 4.74 Å². The van der Waals surface area contributed by atoms with Crippen LogP contribution in [0.15, 0.2) is 18.2 Å². The molecule has 0 N–H and O–H groups in total. The molecule has 0 saturated heterocycles. The van der Waals surface area contributed by atoms with Crippen molar-refractivity contribution in [2.24, 2.45) is 5.92 Å². The van der Waals surface area contributed by atoms with Crippen LogP contribution in [-0.2, 0) is 4.79 Å². The van der Waals surface area contributed by atoms with Crippen molar-refractivity contribution in [3.63, 3.8) is 0 Å². The molecule has 0 aliphatic rings. The first-order valence-corrected chi connectivity index (χ1v) is 6.66. The number of benzene rings is 1. The number of hydrogen-bond acceptors (Lipinski definition) is 3. The molecule has 1 rings (SSSR count). The van der Waals surface area contributed by atoms with E-state index in [0.29, 0.717) is 0 Å². The van der Waals surface area contributed by atoms with E-state index in [1.54, 1.807) is 13.2 Å². The van der Waals surface area contributed by atoms with Crippen LogP contribution in [0.4, 0.5) is 0 Å². The molecule has 19 heavy (non-hydrogen) atoms. The van der Waals surface area contributed by atoms with Gasteiger partial charge in [-0.2, -0.15) is 5.26 Å². The molecule has 0 spiro atoms. The van der Waals surface area contributed by atoms with Gasteiger partial charge in [0, 0.05) is 5.92 Å². The number of hydrogen-bond donors (Lipinski definition) is 0. The molecule has 3 heteroatoms. The third kappa shape index (κ3) is 3.35. The molecule has 1 aromatic rings. The molecule has 0 aliphatic carbocycles. The molecule has 1 atom stereocenters. The zero-order chi connectivity index (χ0) is 14.4. The number of nitrogens with zero attached hydrogens (tertiary/aromatic N) is 1. The van der Waals surface area contributed by atoms with Crippen LogP contribution in [0.3, 0.4) is 0 Å². The molecule has 0 radical (unpaired) electrons. The van der Waals surface area contributed by atoms with Crippen LogP contribution in [0.5, 0.6) is 5.75 Å². The Labute approximate surface area is 115 Å². The van der Waals surface area contributed by atoms with Crippen LogP contribution in [0.2, 0.25) is 0 Å². The Hall–Kier alpha value is -1.82. The molecular formula is C16H21NO2. The number of Topliss-reactive ketones (excluding diaryl/α,β-unsaturated/α-hetero) is 1. The Morgan fingerprint density at radius 1 is 1.37 bits per heavy atom. The Bertz CT molecular complexity index is 484. The zero-order valence-corrected chi connectivity index (χ0v) is 12.1. The summed E-state index contributed by atoms with van der Waals surface area (Å²) in [7, 11) is 1.59. The molecule has 3 nitrogen and oxygen atoms in total. The molecular weight excluding hydrogens is 238 g/mol. The van der Waals surface area contributed by atoms with E-state index in [2.05, 4.69) is 6.07 Å². The Kier molecular flexibility index (Phi) is 5.57. The van der Waals surface area contributed by atoms with E-state index < -0.39 is 5.92 Å². The molecule has 0 fully saturated rings. The third-order valence-electron chi connectivity index (χ3n) is 3.57. The van der Waals surface area contributed by atoms with E-state index in [0.717, 1.165) is 29.7 Å². The van der Waals surface area contributed by atoms with Gasteiger partial charge in [0.1, 0.15) is 11.7 Å². The van der Waals surface area contributed by atoms with Crippen LogP contribution >= 0.6 is 0 Å². The summed E-state index contributed by atoms with van der Waals surface area (Å²) >= 11 is 0. The van der Waals surface area contributed by atoms with Gasteiger partial charge in [-0.15, -0.1) is 0 Å². The van der Waals surface area contributed by atoms with Gasteiger partial charge in [-0.05, 0) is 37.0 Å². The van der Waals surface area contributed by atoms with Crippen molar-refractivity contribution in [1.29, 1.82) is 5.26 Å². The number of nitriles is 1. The maximum Gasteiger partial charge on any atom is 0.157 e. The van der Waals surface area contributed by atoms with Crippen molar-refractivity contribution in [1.82, 2.24) is 0 Å². The molecule has 0 aliphatic heterocycles. The monoisotopic (exact) mass is 259 g/mol. The lowest BCUT2D eigenvalue weighted by atomic mass is 9.85. The van der Waals surface area contributed by atoms with Crippen molar-refractivity contribution in [3.05, 3.63) is 29.3 Å². The summed E-state index contributed by atoms with van der Waals surface area (Å²) in [6, 6.07) is 7.65. The fourth-order valence-corrected chi connectivity index (χ4v) is 2.25. The van der Waals surface area contributed by atoms with E-state index in [1.165, 1.54) is 0 Å². The van der Waals surface area contributed by atoms with Gasteiger partial charge >= 0.3 is 0 Å². The minimum Gasteiger partial charge on any atom is -0.496 e. The molecule has 0 aromatic heterocycles. The smallest absolute Gasteiger partial charge is 0.157 e. The summed E-state index contributed by atoms with van der Waals surface area (Å²) < 4.78 is 5.25. The highest BCUT2D eigenvalue weighted by atomic mass is 16.5. The van der Waals surface area contributed by atoms with E-state index >= 15 is 0 Å². The standard InChI is InChI=1S/C16H21NO2/c1-5-12(6-2)16(18)14(10-17)13-8-7-11(3)15(9-13)19-4/h7-9,12,14H,5-6H2,1-4H3. The lowest BCUT2D eigenvalue weighted by molar-refractivity contribution is -0.123. The van der Waals surface area contributed by atoms with Gasteiger partial charge < -0.3 is 4.74 Å². The van der Waals surface area contributed by atoms with Crippen LogP contribution in [0.1, 0.15) is 43.7 Å². The topological polar surface area (TPSA) is 50.1 Å². The first-order chi connectivity index (χ1) is 9.08. The van der Waals surface area contributed by atoms with Gasteiger partial charge in [0.2, 0.25) is 0 Å². The Balaban J connectivity index is 3.11. The van der Waals surface area contributed by atoms with Crippen molar-refractivity contribution in [2.45, 2.75) is 39.5 Å². The molecule has 0 heterocycles. The van der Waals surface area contributed by atoms with Gasteiger partial charge in [0.15, 0.2) is 5.78 Å². The predicted octanol–water partition coefficient (Wildman–Crippen LogP) is 3.62. The average molecular weight is 259 g/mol. The summed E-state index contributed by atoms with van der Waals surface area (Å²) in [4.78, 5) is 12.4. The number of ether oxygens (including phenoxy) is 1. The second-order valence-corrected chi connectivity index (χ2v) is 4.71. The second-order valence-electron chi connectivity index (χ2n) is 4.71. The van der Waals surface area contributed by atoms with Crippen molar-refractivity contribution in [3.8, 4) is 11.8 Å². The fourth-order valence-electron chi connectivity index (χ4n) is 2.25. The van der Waals surface area contributed by atoms with E-state index in [1.807, 2.05) is 32.9 Å². The lowest BCUT2D eigenvalue weighted by Crippen LogP contribution is -2.20. The predicted molar refractivity (Wildman–Crippen MR) is 75.2 cm³/mol. The second kappa shape index (κ2) is 6.94. The SMILES string of the molecule is CCC(CC)C(=O)C(C#N)c1ccc(C)c(OC)c1. The number of aryl methyl sites for hydroxylation is 1. The van der Waals surface area contributed by atoms with Crippen molar-refractivity contribution in [2.75, 3.05) is 7.11 Å². The van der Waals surface area contributed by atoms with Gasteiger partial charge in [-0.1, -0.05) is 26.0 Å². The van der Waals surface area contributed by atoms with E-state index in [-0.39, 0.29) is 11.7 Å². The van der Waals surface area contributed by atoms with Crippen LogP contribution in [0, 0.1) is 24.2 Å². The summed E-state index contributed by atoms with van der Waals surface area (Å²) in [6.07, 6.45) is 1.55. The van der Waals surface area contributed by atoms with Gasteiger partial charge in [-0.3, -0.25) is 4.79 Å². The number of methoxy groups -OCH3 is 1. The summed E-state index contributed by atoms with van der Waals surface area (Å²) in [5.41, 5.74) is 1.72. The third-order valence-corrected chi connectivity index (χ3v) is 3.57.